The van der Waals surface area contributed by atoms with Crippen molar-refractivity contribution in [2.45, 2.75) is 18.4 Å². The van der Waals surface area contributed by atoms with Crippen LogP contribution in [0.3, 0.4) is 0 Å². The van der Waals surface area contributed by atoms with Crippen molar-refractivity contribution in [2.24, 2.45) is 0 Å². The van der Waals surface area contributed by atoms with Gasteiger partial charge in [-0.1, -0.05) is 12.1 Å². The number of carbonyl (C=O) groups excluding carboxylic acids is 1. The van der Waals surface area contributed by atoms with Crippen molar-refractivity contribution in [1.82, 2.24) is 24.9 Å². The molecule has 2 saturated heterocycles. The standard InChI is InChI=1S/C21H29N5O2/c1-24-9-7-21(8-10-24)15-26(12-11-25(21)2)20(27)18-14-22-23-19(18)16-5-4-6-17(13-16)28-3/h4-6,13-14H,7-12,15H2,1-3H3,(H,22,23). The van der Waals surface area contributed by atoms with E-state index in [9.17, 15) is 4.79 Å². The van der Waals surface area contributed by atoms with E-state index < -0.39 is 0 Å². The molecule has 0 bridgehead atoms. The lowest BCUT2D eigenvalue weighted by Crippen LogP contribution is -2.65. The van der Waals surface area contributed by atoms with Crippen LogP contribution in [0.4, 0.5) is 0 Å². The molecule has 1 aromatic heterocycles. The van der Waals surface area contributed by atoms with E-state index in [-0.39, 0.29) is 11.4 Å². The number of likely N-dealkylation sites (N-methyl/N-ethyl adjacent to an activating group) is 1. The number of ether oxygens (including phenoxy) is 1. The zero-order valence-corrected chi connectivity index (χ0v) is 16.9. The van der Waals surface area contributed by atoms with Gasteiger partial charge in [-0.2, -0.15) is 5.10 Å². The predicted molar refractivity (Wildman–Crippen MR) is 109 cm³/mol. The summed E-state index contributed by atoms with van der Waals surface area (Å²) < 4.78 is 5.33. The third kappa shape index (κ3) is 3.40. The van der Waals surface area contributed by atoms with E-state index in [1.165, 1.54) is 0 Å². The maximum absolute atomic E-state index is 13.4. The Morgan fingerprint density at radius 2 is 1.96 bits per heavy atom. The predicted octanol–water partition coefficient (Wildman–Crippen LogP) is 1.94. The average Bonchev–Trinajstić information content (AvgIpc) is 3.21. The van der Waals surface area contributed by atoms with E-state index in [0.29, 0.717) is 5.56 Å². The van der Waals surface area contributed by atoms with Gasteiger partial charge in [-0.15, -0.1) is 0 Å². The number of aromatic nitrogens is 2. The molecule has 7 nitrogen and oxygen atoms in total. The first kappa shape index (κ1) is 19.0. The molecule has 2 fully saturated rings. The molecule has 0 atom stereocenters. The first-order valence-corrected chi connectivity index (χ1v) is 9.89. The Morgan fingerprint density at radius 3 is 2.71 bits per heavy atom. The normalized spacial score (nSPS) is 20.5. The number of benzene rings is 1. The number of H-pyrrole nitrogens is 1. The first-order chi connectivity index (χ1) is 13.5. The van der Waals surface area contributed by atoms with Gasteiger partial charge in [0.15, 0.2) is 0 Å². The molecule has 0 radical (unpaired) electrons. The highest BCUT2D eigenvalue weighted by atomic mass is 16.5. The number of carbonyl (C=O) groups is 1. The largest absolute Gasteiger partial charge is 0.497 e. The highest BCUT2D eigenvalue weighted by molar-refractivity contribution is 6.00. The van der Waals surface area contributed by atoms with Crippen LogP contribution in [0.5, 0.6) is 5.75 Å². The van der Waals surface area contributed by atoms with Crippen LogP contribution in [-0.4, -0.2) is 90.3 Å². The molecule has 2 aliphatic heterocycles. The topological polar surface area (TPSA) is 64.7 Å². The van der Waals surface area contributed by atoms with E-state index in [1.807, 2.05) is 29.2 Å². The monoisotopic (exact) mass is 383 g/mol. The van der Waals surface area contributed by atoms with Crippen LogP contribution in [-0.2, 0) is 0 Å². The lowest BCUT2D eigenvalue weighted by atomic mass is 9.83. The molecule has 150 valence electrons. The fourth-order valence-corrected chi connectivity index (χ4v) is 4.43. The molecule has 0 saturated carbocycles. The molecule has 4 rings (SSSR count). The van der Waals surface area contributed by atoms with Gasteiger partial charge >= 0.3 is 0 Å². The molecule has 3 heterocycles. The molecule has 1 N–H and O–H groups in total. The summed E-state index contributed by atoms with van der Waals surface area (Å²) in [5.41, 5.74) is 2.37. The highest BCUT2D eigenvalue weighted by Crippen LogP contribution is 2.33. The summed E-state index contributed by atoms with van der Waals surface area (Å²) in [4.78, 5) is 20.3. The minimum atomic E-state index is 0.0537. The fourth-order valence-electron chi connectivity index (χ4n) is 4.43. The first-order valence-electron chi connectivity index (χ1n) is 9.89. The van der Waals surface area contributed by atoms with Gasteiger partial charge in [0.25, 0.3) is 5.91 Å². The van der Waals surface area contributed by atoms with Crippen LogP contribution in [0.15, 0.2) is 30.5 Å². The molecule has 1 aromatic carbocycles. The summed E-state index contributed by atoms with van der Waals surface area (Å²) in [6.45, 7) is 4.58. The van der Waals surface area contributed by atoms with E-state index >= 15 is 0 Å². The lowest BCUT2D eigenvalue weighted by Gasteiger charge is -2.52. The quantitative estimate of drug-likeness (QED) is 0.878. The highest BCUT2D eigenvalue weighted by Gasteiger charge is 2.43. The van der Waals surface area contributed by atoms with Crippen LogP contribution < -0.4 is 4.74 Å². The van der Waals surface area contributed by atoms with Crippen molar-refractivity contribution in [2.75, 3.05) is 53.9 Å². The summed E-state index contributed by atoms with van der Waals surface area (Å²) in [6.07, 6.45) is 3.84. The van der Waals surface area contributed by atoms with Gasteiger partial charge in [0.05, 0.1) is 24.6 Å². The number of piperazine rings is 1. The molecule has 0 aliphatic carbocycles. The number of nitrogens with one attached hydrogen (secondary N) is 1. The smallest absolute Gasteiger partial charge is 0.257 e. The Hall–Kier alpha value is -2.38. The van der Waals surface area contributed by atoms with Crippen LogP contribution in [0, 0.1) is 0 Å². The Balaban J connectivity index is 1.58. The lowest BCUT2D eigenvalue weighted by molar-refractivity contribution is -0.0170. The van der Waals surface area contributed by atoms with Crippen molar-refractivity contribution >= 4 is 5.91 Å². The van der Waals surface area contributed by atoms with Gasteiger partial charge in [-0.05, 0) is 52.2 Å². The van der Waals surface area contributed by atoms with Crippen molar-refractivity contribution in [3.05, 3.63) is 36.0 Å². The van der Waals surface area contributed by atoms with Gasteiger partial charge in [-0.25, -0.2) is 0 Å². The Morgan fingerprint density at radius 1 is 1.18 bits per heavy atom. The van der Waals surface area contributed by atoms with E-state index in [4.69, 9.17) is 4.74 Å². The van der Waals surface area contributed by atoms with Crippen LogP contribution >= 0.6 is 0 Å². The number of amides is 1. The molecule has 1 spiro atoms. The molecule has 0 unspecified atom stereocenters. The number of piperidine rings is 1. The van der Waals surface area contributed by atoms with Crippen molar-refractivity contribution in [3.63, 3.8) is 0 Å². The molecule has 2 aliphatic rings. The van der Waals surface area contributed by atoms with Gasteiger partial charge in [-0.3, -0.25) is 14.8 Å². The maximum atomic E-state index is 13.4. The third-order valence-corrected chi connectivity index (χ3v) is 6.43. The second-order valence-electron chi connectivity index (χ2n) is 8.07. The minimum Gasteiger partial charge on any atom is -0.497 e. The Labute approximate surface area is 166 Å². The second-order valence-corrected chi connectivity index (χ2v) is 8.07. The van der Waals surface area contributed by atoms with Gasteiger partial charge in [0.1, 0.15) is 5.75 Å². The van der Waals surface area contributed by atoms with Gasteiger partial charge in [0, 0.05) is 30.7 Å². The summed E-state index contributed by atoms with van der Waals surface area (Å²) >= 11 is 0. The minimum absolute atomic E-state index is 0.0537. The fraction of sp³-hybridized carbons (Fsp3) is 0.524. The van der Waals surface area contributed by atoms with E-state index in [2.05, 4.69) is 34.1 Å². The van der Waals surface area contributed by atoms with Gasteiger partial charge in [0.2, 0.25) is 0 Å². The number of aromatic amines is 1. The summed E-state index contributed by atoms with van der Waals surface area (Å²) in [7, 11) is 6.01. The van der Waals surface area contributed by atoms with Crippen LogP contribution in [0.25, 0.3) is 11.3 Å². The average molecular weight is 383 g/mol. The summed E-state index contributed by atoms with van der Waals surface area (Å²) in [6, 6.07) is 7.71. The van der Waals surface area contributed by atoms with Crippen LogP contribution in [0.2, 0.25) is 0 Å². The van der Waals surface area contributed by atoms with Crippen molar-refractivity contribution in [1.29, 1.82) is 0 Å². The SMILES string of the molecule is COc1cccc(-c2[nH]ncc2C(=O)N2CCN(C)C3(CCN(C)CC3)C2)c1. The molecule has 2 aromatic rings. The number of hydrogen-bond acceptors (Lipinski definition) is 5. The van der Waals surface area contributed by atoms with Crippen molar-refractivity contribution in [3.8, 4) is 17.0 Å². The molecular formula is C21H29N5O2. The maximum Gasteiger partial charge on any atom is 0.257 e. The molecular weight excluding hydrogens is 354 g/mol. The van der Waals surface area contributed by atoms with Gasteiger partial charge < -0.3 is 14.5 Å². The number of rotatable bonds is 3. The Kier molecular flexibility index (Phi) is 5.12. The van der Waals surface area contributed by atoms with E-state index in [0.717, 1.165) is 62.6 Å². The zero-order chi connectivity index (χ0) is 19.7. The zero-order valence-electron chi connectivity index (χ0n) is 16.9. The van der Waals surface area contributed by atoms with E-state index in [1.54, 1.807) is 13.3 Å². The summed E-state index contributed by atoms with van der Waals surface area (Å²) in [5, 5.41) is 7.18. The third-order valence-electron chi connectivity index (χ3n) is 6.43. The second kappa shape index (κ2) is 7.56. The summed E-state index contributed by atoms with van der Waals surface area (Å²) in [5.74, 6) is 0.813. The number of likely N-dealkylation sites (tertiary alicyclic amines) is 1. The molecule has 28 heavy (non-hydrogen) atoms. The molecule has 7 heteroatoms. The van der Waals surface area contributed by atoms with Crippen LogP contribution in [0.1, 0.15) is 23.2 Å². The number of nitrogens with zero attached hydrogens (tertiary/aromatic N) is 4. The molecule has 1 amide bonds. The Bertz CT molecular complexity index is 841. The number of hydrogen-bond donors (Lipinski definition) is 1. The number of methoxy groups -OCH3 is 1. The van der Waals surface area contributed by atoms with Crippen molar-refractivity contribution < 1.29 is 9.53 Å².